The molecule has 0 spiro atoms. The fraction of sp³-hybridized carbons (Fsp3) is 0.323. The van der Waals surface area contributed by atoms with Gasteiger partial charge in [0, 0.05) is 239 Å². The Morgan fingerprint density at radius 1 is 0.462 bits per heavy atom. The van der Waals surface area contributed by atoms with Crippen LogP contribution in [0.15, 0.2) is 121 Å². The van der Waals surface area contributed by atoms with E-state index in [1.807, 2.05) is 101 Å². The van der Waals surface area contributed by atoms with Crippen LogP contribution in [0.25, 0.3) is 43.8 Å². The molecule has 0 saturated carbocycles. The van der Waals surface area contributed by atoms with E-state index in [0.29, 0.717) is 12.8 Å². The van der Waals surface area contributed by atoms with Gasteiger partial charge in [0.1, 0.15) is 0 Å². The van der Waals surface area contributed by atoms with Crippen LogP contribution >= 0.6 is 0 Å². The Labute approximate surface area is 595 Å². The Kier molecular flexibility index (Phi) is 27.1. The highest BCUT2D eigenvalue weighted by Crippen LogP contribution is 2.47. The first-order valence-electron chi connectivity index (χ1n) is 27.9. The van der Waals surface area contributed by atoms with Crippen molar-refractivity contribution in [1.82, 2.24) is 10.2 Å². The van der Waals surface area contributed by atoms with Gasteiger partial charge in [0.15, 0.2) is 11.6 Å². The molecule has 8 aliphatic rings. The van der Waals surface area contributed by atoms with E-state index in [9.17, 15) is 33.9 Å². The number of nitrogens with zero attached hydrogens (tertiary/aromatic N) is 3. The van der Waals surface area contributed by atoms with Crippen LogP contribution < -0.4 is 15.1 Å². The summed E-state index contributed by atoms with van der Waals surface area (Å²) in [6.07, 6.45) is 9.39. The van der Waals surface area contributed by atoms with E-state index in [-0.39, 0.29) is 111 Å². The average Bonchev–Trinajstić information content (AvgIpc) is 1.68. The van der Waals surface area contributed by atoms with Gasteiger partial charge in [-0.05, 0) is 92.0 Å². The van der Waals surface area contributed by atoms with Gasteiger partial charge >= 0.3 is 0 Å². The van der Waals surface area contributed by atoms with Crippen LogP contribution in [0, 0.1) is 23.7 Å². The number of aryl methyl sites for hydroxylation is 2. The number of hydrogen-bond acceptors (Lipinski definition) is 13. The van der Waals surface area contributed by atoms with Crippen LogP contribution in [0.3, 0.4) is 0 Å². The van der Waals surface area contributed by atoms with Crippen LogP contribution in [0.5, 0.6) is 0 Å². The number of amides is 4. The first-order valence-corrected chi connectivity index (χ1v) is 50.5. The third-order valence-corrected chi connectivity index (χ3v) is 49.8. The number of Topliss-reactive ketones (excluding diaryl/α,β-unsaturated/α-hetero) is 2. The zero-order chi connectivity index (χ0) is 63.9. The number of likely N-dealkylation sites (tertiary alicyclic amines) is 1. The summed E-state index contributed by atoms with van der Waals surface area (Å²) in [6, 6.07) is 32.9. The van der Waals surface area contributed by atoms with Gasteiger partial charge in [-0.3, -0.25) is 39.0 Å². The van der Waals surface area contributed by atoms with Crippen LogP contribution in [0.1, 0.15) is 70.7 Å². The van der Waals surface area contributed by atoms with Crippen LogP contribution in [0.2, 0.25) is 0 Å². The molecule has 6 aliphatic heterocycles. The molecule has 4 bridgehead atoms. The summed E-state index contributed by atoms with van der Waals surface area (Å²) in [5.41, 5.74) is 11.9. The number of fused-ring (bicyclic) bond motifs is 14. The van der Waals surface area contributed by atoms with Crippen molar-refractivity contribution in [1.29, 1.82) is 0 Å². The van der Waals surface area contributed by atoms with E-state index < -0.39 is 0 Å². The maximum absolute atomic E-state index is 13.0. The molecule has 4 saturated heterocycles. The number of aliphatic hydroxyl groups is 1. The predicted molar refractivity (Wildman–Crippen MR) is 423 cm³/mol. The number of ether oxygens (including phenoxy) is 2. The molecule has 6 aromatic carbocycles. The summed E-state index contributed by atoms with van der Waals surface area (Å²) in [5, 5.41) is 16.1. The van der Waals surface area contributed by atoms with Gasteiger partial charge in [0.25, 0.3) is 0 Å². The molecule has 4 fully saturated rings. The summed E-state index contributed by atoms with van der Waals surface area (Å²) in [6.45, 7) is 0.277. The van der Waals surface area contributed by atoms with Crippen molar-refractivity contribution in [3.8, 4) is 22.3 Å². The molecule has 492 valence electrons. The second-order valence-corrected chi connectivity index (χ2v) is 50.1. The highest BCUT2D eigenvalue weighted by molar-refractivity contribution is 8.77. The van der Waals surface area contributed by atoms with Gasteiger partial charge in [-0.25, -0.2) is 0 Å². The zero-order valence-electron chi connectivity index (χ0n) is 48.3. The van der Waals surface area contributed by atoms with Crippen molar-refractivity contribution >= 4 is 233 Å². The third kappa shape index (κ3) is 16.6. The number of carbonyl (C=O) groups excluding carboxylic acids is 6. The molecule has 0 aromatic heterocycles. The smallest absolute Gasteiger partial charge is 0.236 e. The van der Waals surface area contributed by atoms with E-state index in [0.717, 1.165) is 96.0 Å². The molecule has 31 heteroatoms. The number of ketones is 2. The summed E-state index contributed by atoms with van der Waals surface area (Å²) in [7, 11) is 35.2. The van der Waals surface area contributed by atoms with Crippen molar-refractivity contribution in [2.24, 2.45) is 23.7 Å². The number of carbonyl (C=O) groups is 6. The maximum Gasteiger partial charge on any atom is 0.236 e. The molecule has 2 aliphatic carbocycles. The fourth-order valence-electron chi connectivity index (χ4n) is 12.5. The Balaban J connectivity index is 0.000000156. The summed E-state index contributed by atoms with van der Waals surface area (Å²) < 4.78 is 11.1. The minimum Gasteiger partial charge on any atom is -0.392 e. The largest absolute Gasteiger partial charge is 0.392 e. The summed E-state index contributed by atoms with van der Waals surface area (Å²) in [4.78, 5) is 79.5. The highest BCUT2D eigenvalue weighted by atomic mass is 33.5. The van der Waals surface area contributed by atoms with E-state index in [1.54, 1.807) is 124 Å². The molecule has 13 nitrogen and oxygen atoms in total. The van der Waals surface area contributed by atoms with Crippen LogP contribution in [-0.4, -0.2) is 97.8 Å². The Bertz CT molecular complexity index is 4770. The van der Waals surface area contributed by atoms with Crippen molar-refractivity contribution in [3.63, 3.8) is 0 Å². The number of hydrogen-bond donors (Lipinski definition) is 2. The molecule has 2 N–H and O–H groups in total. The van der Waals surface area contributed by atoms with Gasteiger partial charge in [0.2, 0.25) is 23.6 Å². The maximum atomic E-state index is 13.0. The van der Waals surface area contributed by atoms with Gasteiger partial charge in [0.05, 0.1) is 61.2 Å². The molecule has 0 radical (unpaired) electrons. The van der Waals surface area contributed by atoms with Crippen molar-refractivity contribution < 1.29 is 43.3 Å². The first kappa shape index (κ1) is 73.6. The molecule has 4 amide bonds. The van der Waals surface area contributed by atoms with Gasteiger partial charge in [-0.15, -0.1) is 0 Å². The van der Waals surface area contributed by atoms with E-state index in [1.165, 1.54) is 28.0 Å². The second-order valence-electron chi connectivity index (χ2n) is 21.8. The number of aliphatic hydroxyl groups excluding tert-OH is 1. The highest BCUT2D eigenvalue weighted by Gasteiger charge is 2.61. The quantitative estimate of drug-likeness (QED) is 0.115. The van der Waals surface area contributed by atoms with Crippen LogP contribution in [-0.2, 0) is 219 Å². The van der Waals surface area contributed by atoms with Crippen molar-refractivity contribution in [2.45, 2.75) is 78.1 Å². The molecule has 14 rings (SSSR count). The molecule has 6 aromatic rings. The molecular formula is C62H62N4O9S18. The lowest BCUT2D eigenvalue weighted by atomic mass is 9.85. The lowest BCUT2D eigenvalue weighted by molar-refractivity contribution is -0.143. The standard InChI is InChI=1S/C30H26N2O4.C22H21NO2.C8H7NO3.2CH4.S18/c1-31(2)20-9-7-18-13-19-8-10-22(33)26(19)25(21(18)14-20)17-5-3-16(4-6-17)15-32-29(34)27-23-11-12-24(36-23)28(27)30(32)35;1-23(2)18-9-7-16-11-17-8-10-20(25)22(17)21(19(16)12-18)15-5-3-14(13-24)4-6-15;10-7-5-3-1-2-4(12-3)6(5)8(11)9-7;;;1-3-5-7-9-11-13-15-17-18-16-14-12-10-8-6-4-2/h3-7,9,11-14,23-24,27-28H,8,10,15H2,1-2H3;3-7,9,11-12,24H,8,10,13H2,1-2H3;1-6H,(H,9,10,11);2*1H4;. The minimum atomic E-state index is -0.387. The van der Waals surface area contributed by atoms with E-state index in [2.05, 4.69) is 63.6 Å². The molecule has 8 atom stereocenters. The number of anilines is 2. The Morgan fingerprint density at radius 2 is 0.817 bits per heavy atom. The Morgan fingerprint density at radius 3 is 1.17 bits per heavy atom. The SMILES string of the molecule is C.C.CN(C)c1ccc2cc3c(c(-c4ccc(CN5C(=O)C6C7C=CC(O7)C6C5=O)cc4)c2c1)C(=O)CC3.CN(C)c1ccc2cc3c(c(-c4ccc(CO)cc4)c2c1)C(=O)CC3.O=C1NC(=O)C2C3C=CC(O3)C12.S=S=S=S=S=S=S=S=S=S=S=S=S=S=S=S=S=S. The van der Waals surface area contributed by atoms with Crippen molar-refractivity contribution in [2.75, 3.05) is 38.0 Å². The van der Waals surface area contributed by atoms with Crippen molar-refractivity contribution in [3.05, 3.63) is 155 Å². The third-order valence-electron chi connectivity index (χ3n) is 16.4. The minimum absolute atomic E-state index is 0. The lowest BCUT2D eigenvalue weighted by Gasteiger charge is -2.19. The van der Waals surface area contributed by atoms with Gasteiger partial charge < -0.3 is 24.4 Å². The average molecular weight is 1580 g/mol. The zero-order valence-corrected chi connectivity index (χ0v) is 63.0. The van der Waals surface area contributed by atoms with Crippen LogP contribution in [0.4, 0.5) is 11.4 Å². The second kappa shape index (κ2) is 34.2. The summed E-state index contributed by atoms with van der Waals surface area (Å²) in [5.74, 6) is -1.51. The molecule has 8 unspecified atom stereocenters. The number of nitrogens with one attached hydrogen (secondary N) is 1. The molecule has 6 heterocycles. The fourth-order valence-corrected chi connectivity index (χ4v) is 50.9. The predicted octanol–water partition coefficient (Wildman–Crippen LogP) is 8.78. The van der Waals surface area contributed by atoms with E-state index >= 15 is 0 Å². The summed E-state index contributed by atoms with van der Waals surface area (Å²) >= 11 is 9.49. The normalized spacial score (nSPS) is 21.2. The molecular weight excluding hydrogens is 1520 g/mol. The Hall–Kier alpha value is -3.62. The number of imide groups is 2. The van der Waals surface area contributed by atoms with Gasteiger partial charge in [-0.2, -0.15) is 0 Å². The number of rotatable bonds is 7. The monoisotopic (exact) mass is 1580 g/mol. The molecule has 93 heavy (non-hydrogen) atoms. The number of benzene rings is 6. The first-order chi connectivity index (χ1) is 44.2. The topological polar surface area (TPSA) is 163 Å². The van der Waals surface area contributed by atoms with Gasteiger partial charge in [-0.1, -0.05) is 112 Å². The van der Waals surface area contributed by atoms with E-state index in [4.69, 9.17) is 31.8 Å². The lowest BCUT2D eigenvalue weighted by Crippen LogP contribution is -2.33.